The third-order valence-corrected chi connectivity index (χ3v) is 20.0. The fourth-order valence-corrected chi connectivity index (χ4v) is 13.5. The first-order chi connectivity index (χ1) is 54.2. The summed E-state index contributed by atoms with van der Waals surface area (Å²) in [6.07, 6.45) is 6.39. The molecule has 0 fully saturated rings. The Labute approximate surface area is 701 Å². The second-order valence-corrected chi connectivity index (χ2v) is 38.0. The third kappa shape index (κ3) is 30.5. The van der Waals surface area contributed by atoms with E-state index in [9.17, 15) is 67.1 Å². The Bertz CT molecular complexity index is 4800. The molecular formula is C90H152N14O14. The van der Waals surface area contributed by atoms with Crippen molar-refractivity contribution in [3.63, 3.8) is 0 Å². The van der Waals surface area contributed by atoms with Gasteiger partial charge in [-0.05, 0) is 184 Å². The predicted octanol–water partition coefficient (Wildman–Crippen LogP) is 5.93. The fourth-order valence-electron chi connectivity index (χ4n) is 13.5. The summed E-state index contributed by atoms with van der Waals surface area (Å²) in [5, 5.41) is 21.5. The van der Waals surface area contributed by atoms with Crippen LogP contribution in [-0.2, 0) is 37.9 Å². The predicted molar refractivity (Wildman–Crippen MR) is 497 cm³/mol. The topological polar surface area (TPSA) is 391 Å². The van der Waals surface area contributed by atoms with Crippen molar-refractivity contribution in [2.24, 2.45) is 11.5 Å². The Morgan fingerprint density at radius 3 is 0.729 bits per heavy atom. The molecule has 0 saturated carbocycles. The molecule has 0 amide bonds. The molecule has 28 heteroatoms. The van der Waals surface area contributed by atoms with Gasteiger partial charge in [-0.25, -0.2) is 0 Å². The molecule has 0 aliphatic carbocycles. The van der Waals surface area contributed by atoms with Gasteiger partial charge in [-0.15, -0.1) is 0 Å². The molecule has 7 aromatic rings. The zero-order valence-corrected chi connectivity index (χ0v) is 78.1. The highest BCUT2D eigenvalue weighted by molar-refractivity contribution is 5.65. The number of nitrogens with one attached hydrogen (secondary N) is 7. The first-order valence-electron chi connectivity index (χ1n) is 42.0. The zero-order valence-electron chi connectivity index (χ0n) is 78.1. The van der Waals surface area contributed by atoms with Crippen LogP contribution in [0.1, 0.15) is 250 Å². The van der Waals surface area contributed by atoms with E-state index in [1.54, 1.807) is 0 Å². The Kier molecular flexibility index (Phi) is 43.1. The average Bonchev–Trinajstić information content (AvgIpc) is 0.772. The lowest BCUT2D eigenvalue weighted by Gasteiger charge is -2.29. The molecule has 0 aliphatic heterocycles. The van der Waals surface area contributed by atoms with Crippen molar-refractivity contribution in [2.75, 3.05) is 197 Å². The Morgan fingerprint density at radius 1 is 0.254 bits per heavy atom. The van der Waals surface area contributed by atoms with Gasteiger partial charge in [-0.2, -0.15) is 0 Å². The Balaban J connectivity index is 0.000000689. The van der Waals surface area contributed by atoms with E-state index in [4.69, 9.17) is 11.5 Å². The smallest absolute Gasteiger partial charge is 0.249 e. The molecule has 0 spiro atoms. The molecule has 28 nitrogen and oxygen atoms in total. The van der Waals surface area contributed by atoms with Crippen LogP contribution in [-0.4, -0.2) is 175 Å². The van der Waals surface area contributed by atoms with E-state index in [-0.39, 0.29) is 108 Å². The summed E-state index contributed by atoms with van der Waals surface area (Å²) in [5.74, 6) is 0. The summed E-state index contributed by atoms with van der Waals surface area (Å²) >= 11 is 0. The molecule has 0 unspecified atom stereocenters. The lowest BCUT2D eigenvalue weighted by atomic mass is 9.82. The van der Waals surface area contributed by atoms with E-state index in [2.05, 4.69) is 79.7 Å². The molecule has 0 radical (unpaired) electrons. The number of nitrogens with zero attached hydrogens (tertiary/aromatic N) is 5. The molecule has 7 aromatic carbocycles. The molecule has 0 bridgehead atoms. The van der Waals surface area contributed by atoms with E-state index in [1.807, 2.05) is 197 Å². The van der Waals surface area contributed by atoms with Crippen LogP contribution < -0.4 is 134 Å². The molecular weight excluding hydrogens is 1500 g/mol. The van der Waals surface area contributed by atoms with Crippen LogP contribution in [0.4, 0.5) is 39.8 Å². The van der Waals surface area contributed by atoms with E-state index < -0.39 is 5.43 Å². The molecule has 118 heavy (non-hydrogen) atoms. The standard InChI is InChI=1S/C15H26N2O2.C14H24N2O2.2C13H22N2O2.2C12H20N2O2.C11H18N2O2/c1-6-17(7-2)10-8-9-16-12-11(15(3,4)5)13(18)14(12)19;1-6-16(5)9-7-8-15-11-10(14(2,3)4)12(17)13(11)18;1-13(2,3)9-10(12(17)11(9)16)14-7-6-8-15(4)5;1-13(2,3)9-10(12(17)11(9)16)15(5)8-6-7-14-4;1-12(2,3)8-9(11(16)10(8)15)14(4)7-5-6-13;1-12(2,3)8-9(11(16)10(8)15)14-7-5-6-13-4;1-11(2,3)7-8(10(15)9(7)14)13-6-4-5-12/h16H,6-10H2,1-5H3;15H,6-9H2,1-5H3;2*14H,6-8H2,1-5H3;5-7,13H2,1-4H3;13-14H,5-7H2,1-4H3;13H,4-6,12H2,1-3H3. The first-order valence-corrected chi connectivity index (χ1v) is 42.0. The highest BCUT2D eigenvalue weighted by Crippen LogP contribution is 2.32. The number of anilines is 7. The summed E-state index contributed by atoms with van der Waals surface area (Å²) < 4.78 is 0. The highest BCUT2D eigenvalue weighted by Gasteiger charge is 2.37. The maximum absolute atomic E-state index is 11.6. The summed E-state index contributed by atoms with van der Waals surface area (Å²) in [7, 11) is 13.6. The maximum Gasteiger partial charge on any atom is 0.249 e. The van der Waals surface area contributed by atoms with Gasteiger partial charge in [0, 0.05) is 98.9 Å². The van der Waals surface area contributed by atoms with Crippen molar-refractivity contribution < 1.29 is 0 Å². The molecule has 0 aliphatic rings. The normalized spacial score (nSPS) is 12.2. The maximum atomic E-state index is 11.6. The van der Waals surface area contributed by atoms with Gasteiger partial charge in [-0.1, -0.05) is 166 Å². The Hall–Kier alpha value is -8.12. The average molecular weight is 1650 g/mol. The van der Waals surface area contributed by atoms with E-state index in [1.165, 1.54) is 0 Å². The molecule has 0 saturated heterocycles. The first kappa shape index (κ1) is 108. The van der Waals surface area contributed by atoms with Crippen molar-refractivity contribution in [3.8, 4) is 0 Å². The van der Waals surface area contributed by atoms with Crippen LogP contribution in [0, 0.1) is 0 Å². The summed E-state index contributed by atoms with van der Waals surface area (Å²) in [5.41, 5.74) is 12.5. The van der Waals surface area contributed by atoms with Crippen LogP contribution in [0.15, 0.2) is 67.1 Å². The van der Waals surface area contributed by atoms with Gasteiger partial charge < -0.3 is 73.2 Å². The van der Waals surface area contributed by atoms with Gasteiger partial charge in [0.25, 0.3) is 0 Å². The lowest BCUT2D eigenvalue weighted by Crippen LogP contribution is -2.46. The van der Waals surface area contributed by atoms with Gasteiger partial charge in [0.2, 0.25) is 76.0 Å². The molecule has 0 aromatic heterocycles. The molecule has 11 N–H and O–H groups in total. The SMILES string of the molecule is CC(C)(C)c1c(NCCCN)c(=O)c1=O.CCN(C)CCCNc1c(C(C)(C)C)c(=O)c1=O.CCN(CC)CCCNc1c(C(C)(C)C)c(=O)c1=O.CN(C)CCCNc1c(C(C)(C)C)c(=O)c1=O.CN(CCCN)c1c(C(C)(C)C)c(=O)c1=O.CNCCCN(C)c1c(C(C)(C)C)c(=O)c1=O.CNCCCNc1c(C(C)(C)C)c(=O)c1=O. The van der Waals surface area contributed by atoms with Gasteiger partial charge >= 0.3 is 0 Å². The lowest BCUT2D eigenvalue weighted by molar-refractivity contribution is 0.303. The van der Waals surface area contributed by atoms with Crippen molar-refractivity contribution in [1.29, 1.82) is 0 Å². The van der Waals surface area contributed by atoms with Crippen LogP contribution >= 0.6 is 0 Å². The largest absolute Gasteiger partial charge is 0.381 e. The molecule has 666 valence electrons. The fraction of sp³-hybridized carbons (Fsp3) is 0.689. The zero-order chi connectivity index (χ0) is 91.5. The van der Waals surface area contributed by atoms with Crippen LogP contribution in [0.25, 0.3) is 0 Å². The monoisotopic (exact) mass is 1650 g/mol. The molecule has 0 atom stereocenters. The van der Waals surface area contributed by atoms with Crippen molar-refractivity contribution in [3.05, 3.63) is 182 Å². The van der Waals surface area contributed by atoms with Gasteiger partial charge in [0.1, 0.15) is 0 Å². The molecule has 0 heterocycles. The van der Waals surface area contributed by atoms with Crippen molar-refractivity contribution >= 4 is 39.8 Å². The molecule has 7 rings (SSSR count). The van der Waals surface area contributed by atoms with E-state index in [0.717, 1.165) is 130 Å². The minimum absolute atomic E-state index is 0.252. The van der Waals surface area contributed by atoms with Crippen LogP contribution in [0.2, 0.25) is 0 Å². The van der Waals surface area contributed by atoms with Crippen molar-refractivity contribution in [2.45, 2.75) is 249 Å². The summed E-state index contributed by atoms with van der Waals surface area (Å²) in [4.78, 5) is 171. The number of hydrogen-bond acceptors (Lipinski definition) is 28. The third-order valence-electron chi connectivity index (χ3n) is 20.0. The van der Waals surface area contributed by atoms with Gasteiger partial charge in [0.15, 0.2) is 0 Å². The van der Waals surface area contributed by atoms with Crippen LogP contribution in [0.5, 0.6) is 0 Å². The highest BCUT2D eigenvalue weighted by atomic mass is 16.2. The number of nitrogens with two attached hydrogens (primary N) is 2. The quantitative estimate of drug-likeness (QED) is 0.0162. The minimum atomic E-state index is -0.392. The van der Waals surface area contributed by atoms with Crippen LogP contribution in [0.3, 0.4) is 0 Å². The second-order valence-electron chi connectivity index (χ2n) is 38.0. The minimum Gasteiger partial charge on any atom is -0.381 e. The number of rotatable bonds is 36. The Morgan fingerprint density at radius 2 is 0.483 bits per heavy atom. The summed E-state index contributed by atoms with van der Waals surface area (Å²) in [6, 6.07) is 0. The van der Waals surface area contributed by atoms with Crippen molar-refractivity contribution in [1.82, 2.24) is 25.3 Å². The summed E-state index contributed by atoms with van der Waals surface area (Å²) in [6.45, 7) is 61.5. The van der Waals surface area contributed by atoms with E-state index >= 15 is 0 Å². The van der Waals surface area contributed by atoms with E-state index in [0.29, 0.717) is 105 Å². The second kappa shape index (κ2) is 47.2. The van der Waals surface area contributed by atoms with Gasteiger partial charge in [-0.3, -0.25) is 67.1 Å². The van der Waals surface area contributed by atoms with Gasteiger partial charge in [0.05, 0.1) is 39.8 Å². The number of hydrogen-bond donors (Lipinski definition) is 9.